The van der Waals surface area contributed by atoms with Crippen LogP contribution in [-0.2, 0) is 0 Å². The summed E-state index contributed by atoms with van der Waals surface area (Å²) in [6, 6.07) is 0. The van der Waals surface area contributed by atoms with Crippen molar-refractivity contribution in [3.05, 3.63) is 14.1 Å². The van der Waals surface area contributed by atoms with Gasteiger partial charge in [0, 0.05) is 0 Å². The highest BCUT2D eigenvalue weighted by molar-refractivity contribution is 14.1. The number of nitrogens with zero attached hydrogens (tertiary/aromatic N) is 1. The number of thiazole rings is 1. The Kier molecular flexibility index (Phi) is 2.16. The molecule has 0 radical (unpaired) electrons. The topological polar surface area (TPSA) is 33.1 Å². The Labute approximate surface area is 82.8 Å². The summed E-state index contributed by atoms with van der Waals surface area (Å²) in [7, 11) is 0. The van der Waals surface area contributed by atoms with Gasteiger partial charge in [0.05, 0.1) is 9.08 Å². The minimum Gasteiger partial charge on any atom is -0.386 e. The van der Waals surface area contributed by atoms with E-state index in [-0.39, 0.29) is 6.10 Å². The molecule has 0 saturated heterocycles. The number of aliphatic hydroxyl groups excluding tert-OH is 1. The summed E-state index contributed by atoms with van der Waals surface area (Å²) >= 11 is 3.81. The molecule has 1 unspecified atom stereocenters. The van der Waals surface area contributed by atoms with Crippen LogP contribution in [0.4, 0.5) is 0 Å². The highest BCUT2D eigenvalue weighted by atomic mass is 127. The fraction of sp³-hybridized carbons (Fsp3) is 0.571. The van der Waals surface area contributed by atoms with Gasteiger partial charge in [0.15, 0.2) is 0 Å². The summed E-state index contributed by atoms with van der Waals surface area (Å²) in [4.78, 5) is 4.14. The Hall–Kier alpha value is 0.320. The Balaban J connectivity index is 2.14. The maximum absolute atomic E-state index is 9.62. The molecule has 60 valence electrons. The highest BCUT2D eigenvalue weighted by Crippen LogP contribution is 2.41. The van der Waals surface area contributed by atoms with E-state index in [9.17, 15) is 5.11 Å². The van der Waals surface area contributed by atoms with E-state index in [2.05, 4.69) is 27.6 Å². The Bertz CT molecular complexity index is 259. The molecule has 1 saturated carbocycles. The summed E-state index contributed by atoms with van der Waals surface area (Å²) in [5.41, 5.74) is 0. The first kappa shape index (κ1) is 7.94. The minimum absolute atomic E-state index is 0.288. The van der Waals surface area contributed by atoms with Gasteiger partial charge in [0.1, 0.15) is 11.1 Å². The summed E-state index contributed by atoms with van der Waals surface area (Å²) in [5, 5.41) is 10.5. The van der Waals surface area contributed by atoms with Crippen LogP contribution < -0.4 is 0 Å². The lowest BCUT2D eigenvalue weighted by Crippen LogP contribution is -1.97. The van der Waals surface area contributed by atoms with Crippen LogP contribution in [0.25, 0.3) is 0 Å². The second-order valence-electron chi connectivity index (χ2n) is 2.78. The monoisotopic (exact) mass is 281 g/mol. The standard InChI is InChI=1S/C7H8INOS/c8-5-3-9-7(11-5)6(10)4-1-2-4/h3-4,6,10H,1-2H2. The average Bonchev–Trinajstić information content (AvgIpc) is 2.74. The first-order valence-corrected chi connectivity index (χ1v) is 5.46. The van der Waals surface area contributed by atoms with E-state index in [1.54, 1.807) is 11.3 Å². The summed E-state index contributed by atoms with van der Waals surface area (Å²) in [6.45, 7) is 0. The van der Waals surface area contributed by atoms with Crippen molar-refractivity contribution in [3.8, 4) is 0 Å². The van der Waals surface area contributed by atoms with E-state index in [4.69, 9.17) is 0 Å². The van der Waals surface area contributed by atoms with Crippen LogP contribution in [0.15, 0.2) is 6.20 Å². The van der Waals surface area contributed by atoms with E-state index in [1.807, 2.05) is 6.20 Å². The lowest BCUT2D eigenvalue weighted by atomic mass is 10.2. The molecule has 1 fully saturated rings. The van der Waals surface area contributed by atoms with Crippen molar-refractivity contribution in [2.75, 3.05) is 0 Å². The molecule has 1 atom stereocenters. The number of hydrogen-bond acceptors (Lipinski definition) is 3. The quantitative estimate of drug-likeness (QED) is 0.843. The van der Waals surface area contributed by atoms with E-state index in [1.165, 1.54) is 0 Å². The molecule has 1 aromatic rings. The van der Waals surface area contributed by atoms with Crippen molar-refractivity contribution >= 4 is 33.9 Å². The van der Waals surface area contributed by atoms with Crippen molar-refractivity contribution in [1.82, 2.24) is 4.98 Å². The highest BCUT2D eigenvalue weighted by Gasteiger charge is 2.32. The molecule has 0 bridgehead atoms. The molecule has 11 heavy (non-hydrogen) atoms. The second kappa shape index (κ2) is 2.99. The molecule has 0 aromatic carbocycles. The van der Waals surface area contributed by atoms with Gasteiger partial charge >= 0.3 is 0 Å². The molecule has 4 heteroatoms. The fourth-order valence-corrected chi connectivity index (χ4v) is 2.56. The molecule has 1 heterocycles. The van der Waals surface area contributed by atoms with Gasteiger partial charge in [-0.3, -0.25) is 0 Å². The number of hydrogen-bond donors (Lipinski definition) is 1. The third-order valence-corrected chi connectivity index (χ3v) is 3.61. The number of aliphatic hydroxyl groups is 1. The smallest absolute Gasteiger partial charge is 0.122 e. The minimum atomic E-state index is -0.288. The van der Waals surface area contributed by atoms with E-state index in [0.29, 0.717) is 5.92 Å². The number of halogens is 1. The van der Waals surface area contributed by atoms with Gasteiger partial charge in [0.25, 0.3) is 0 Å². The third kappa shape index (κ3) is 1.73. The van der Waals surface area contributed by atoms with Gasteiger partial charge in [-0.2, -0.15) is 0 Å². The molecule has 0 spiro atoms. The maximum atomic E-state index is 9.62. The molecule has 1 aliphatic rings. The predicted molar refractivity (Wildman–Crippen MR) is 52.5 cm³/mol. The van der Waals surface area contributed by atoms with Gasteiger partial charge in [0.2, 0.25) is 0 Å². The van der Waals surface area contributed by atoms with Gasteiger partial charge in [-0.15, -0.1) is 11.3 Å². The lowest BCUT2D eigenvalue weighted by molar-refractivity contribution is 0.153. The third-order valence-electron chi connectivity index (χ3n) is 1.82. The van der Waals surface area contributed by atoms with E-state index in [0.717, 1.165) is 20.7 Å². The van der Waals surface area contributed by atoms with Crippen molar-refractivity contribution < 1.29 is 5.11 Å². The molecular weight excluding hydrogens is 273 g/mol. The normalized spacial score (nSPS) is 20.2. The molecule has 1 aliphatic carbocycles. The summed E-state index contributed by atoms with van der Waals surface area (Å²) in [5.74, 6) is 0.497. The predicted octanol–water partition coefficient (Wildman–Crippen LogP) is 2.19. The molecule has 2 rings (SSSR count). The zero-order valence-electron chi connectivity index (χ0n) is 5.83. The van der Waals surface area contributed by atoms with E-state index < -0.39 is 0 Å². The van der Waals surface area contributed by atoms with Crippen LogP contribution >= 0.6 is 33.9 Å². The van der Waals surface area contributed by atoms with E-state index >= 15 is 0 Å². The largest absolute Gasteiger partial charge is 0.386 e. The number of rotatable bonds is 2. The first-order valence-electron chi connectivity index (χ1n) is 3.56. The average molecular weight is 281 g/mol. The lowest BCUT2D eigenvalue weighted by Gasteiger charge is -2.02. The molecule has 0 aliphatic heterocycles. The van der Waals surface area contributed by atoms with Crippen molar-refractivity contribution in [3.63, 3.8) is 0 Å². The first-order chi connectivity index (χ1) is 5.27. The van der Waals surface area contributed by atoms with Crippen LogP contribution in [0.1, 0.15) is 24.0 Å². The summed E-state index contributed by atoms with van der Waals surface area (Å²) < 4.78 is 1.15. The molecule has 1 aromatic heterocycles. The van der Waals surface area contributed by atoms with Crippen molar-refractivity contribution in [2.24, 2.45) is 5.92 Å². The Morgan fingerprint density at radius 3 is 2.91 bits per heavy atom. The molecule has 1 N–H and O–H groups in total. The van der Waals surface area contributed by atoms with Gasteiger partial charge < -0.3 is 5.11 Å². The Morgan fingerprint density at radius 1 is 1.73 bits per heavy atom. The van der Waals surface area contributed by atoms with Gasteiger partial charge in [-0.25, -0.2) is 4.98 Å². The van der Waals surface area contributed by atoms with Crippen LogP contribution in [0.2, 0.25) is 0 Å². The zero-order valence-corrected chi connectivity index (χ0v) is 8.80. The molecule has 0 amide bonds. The van der Waals surface area contributed by atoms with Crippen LogP contribution in [-0.4, -0.2) is 10.1 Å². The van der Waals surface area contributed by atoms with Crippen molar-refractivity contribution in [2.45, 2.75) is 18.9 Å². The molecule has 2 nitrogen and oxygen atoms in total. The van der Waals surface area contributed by atoms with Crippen molar-refractivity contribution in [1.29, 1.82) is 0 Å². The Morgan fingerprint density at radius 2 is 2.45 bits per heavy atom. The van der Waals surface area contributed by atoms with Crippen LogP contribution in [0.3, 0.4) is 0 Å². The van der Waals surface area contributed by atoms with Crippen LogP contribution in [0, 0.1) is 8.80 Å². The maximum Gasteiger partial charge on any atom is 0.122 e. The number of aromatic nitrogens is 1. The van der Waals surface area contributed by atoms with Gasteiger partial charge in [-0.1, -0.05) is 0 Å². The zero-order chi connectivity index (χ0) is 7.84. The SMILES string of the molecule is OC(c1ncc(I)s1)C1CC1. The van der Waals surface area contributed by atoms with Gasteiger partial charge in [-0.05, 0) is 41.4 Å². The summed E-state index contributed by atoms with van der Waals surface area (Å²) in [6.07, 6.45) is 3.85. The second-order valence-corrected chi connectivity index (χ2v) is 5.74. The molecular formula is C7H8INOS. The fourth-order valence-electron chi connectivity index (χ4n) is 1.02. The van der Waals surface area contributed by atoms with Crippen LogP contribution in [0.5, 0.6) is 0 Å².